The first-order chi connectivity index (χ1) is 11.5. The van der Waals surface area contributed by atoms with Gasteiger partial charge in [-0.25, -0.2) is 0 Å². The number of aliphatic hydroxyl groups excluding tert-OH is 1. The molecule has 2 fully saturated rings. The molecule has 1 aromatic rings. The SMILES string of the molecule is C[C@]1(NOCCCN)CC(O)[C@H]2C[C@@H](c3ccccc3)CC[C@]21C. The van der Waals surface area contributed by atoms with Crippen molar-refractivity contribution in [3.8, 4) is 0 Å². The van der Waals surface area contributed by atoms with E-state index in [0.29, 0.717) is 25.0 Å². The van der Waals surface area contributed by atoms with Gasteiger partial charge in [-0.05, 0) is 68.4 Å². The van der Waals surface area contributed by atoms with Crippen LogP contribution in [0.5, 0.6) is 0 Å². The zero-order valence-electron chi connectivity index (χ0n) is 15.0. The number of hydrogen-bond acceptors (Lipinski definition) is 4. The van der Waals surface area contributed by atoms with Gasteiger partial charge in [0.1, 0.15) is 0 Å². The fraction of sp³-hybridized carbons (Fsp3) is 0.700. The Morgan fingerprint density at radius 2 is 2.04 bits per heavy atom. The van der Waals surface area contributed by atoms with E-state index in [2.05, 4.69) is 49.7 Å². The summed E-state index contributed by atoms with van der Waals surface area (Å²) < 4.78 is 0. The molecule has 2 saturated carbocycles. The van der Waals surface area contributed by atoms with Crippen molar-refractivity contribution < 1.29 is 9.94 Å². The number of nitrogens with one attached hydrogen (secondary N) is 1. The fourth-order valence-electron chi connectivity index (χ4n) is 4.96. The average Bonchev–Trinajstić information content (AvgIpc) is 2.79. The molecule has 2 aliphatic rings. The number of hydroxylamine groups is 1. The standard InChI is InChI=1S/C20H32N2O2/c1-19-10-9-16(15-7-4-3-5-8-15)13-17(19)18(23)14-20(19,2)22-24-12-6-11-21/h3-5,7-8,16-18,22-23H,6,9-14,21H2,1-2H3/t16-,17+,18?,19+,20-/m0/s1. The van der Waals surface area contributed by atoms with Gasteiger partial charge in [-0.1, -0.05) is 37.3 Å². The number of hydrogen-bond donors (Lipinski definition) is 3. The van der Waals surface area contributed by atoms with Crippen molar-refractivity contribution in [1.29, 1.82) is 0 Å². The number of benzene rings is 1. The Hall–Kier alpha value is -0.940. The summed E-state index contributed by atoms with van der Waals surface area (Å²) in [5.74, 6) is 0.867. The molecule has 4 N–H and O–H groups in total. The van der Waals surface area contributed by atoms with Crippen LogP contribution in [0.15, 0.2) is 30.3 Å². The molecule has 0 amide bonds. The van der Waals surface area contributed by atoms with Gasteiger partial charge in [0.2, 0.25) is 0 Å². The topological polar surface area (TPSA) is 67.5 Å². The highest BCUT2D eigenvalue weighted by atomic mass is 16.6. The van der Waals surface area contributed by atoms with E-state index in [1.54, 1.807) is 0 Å². The second-order valence-corrected chi connectivity index (χ2v) is 8.10. The van der Waals surface area contributed by atoms with E-state index < -0.39 is 0 Å². The van der Waals surface area contributed by atoms with E-state index in [4.69, 9.17) is 10.6 Å². The normalized spacial score (nSPS) is 38.9. The molecule has 24 heavy (non-hydrogen) atoms. The lowest BCUT2D eigenvalue weighted by Crippen LogP contribution is -2.54. The molecular weight excluding hydrogens is 300 g/mol. The highest BCUT2D eigenvalue weighted by Crippen LogP contribution is 2.59. The fourth-order valence-corrected chi connectivity index (χ4v) is 4.96. The molecule has 0 radical (unpaired) electrons. The van der Waals surface area contributed by atoms with Crippen LogP contribution in [0.25, 0.3) is 0 Å². The molecular formula is C20H32N2O2. The lowest BCUT2D eigenvalue weighted by molar-refractivity contribution is -0.0755. The number of rotatable bonds is 6. The average molecular weight is 332 g/mol. The summed E-state index contributed by atoms with van der Waals surface area (Å²) in [6.45, 7) is 5.80. The van der Waals surface area contributed by atoms with Crippen LogP contribution in [0.3, 0.4) is 0 Å². The molecule has 0 aromatic heterocycles. The van der Waals surface area contributed by atoms with Gasteiger partial charge >= 0.3 is 0 Å². The van der Waals surface area contributed by atoms with Crippen LogP contribution in [0, 0.1) is 11.3 Å². The summed E-state index contributed by atoms with van der Waals surface area (Å²) in [5, 5.41) is 10.8. The third kappa shape index (κ3) is 3.13. The van der Waals surface area contributed by atoms with Crippen molar-refractivity contribution in [1.82, 2.24) is 5.48 Å². The second kappa shape index (κ2) is 7.12. The Kier molecular flexibility index (Phi) is 5.30. The van der Waals surface area contributed by atoms with Crippen molar-refractivity contribution in [2.24, 2.45) is 17.1 Å². The summed E-state index contributed by atoms with van der Waals surface area (Å²) >= 11 is 0. The maximum Gasteiger partial charge on any atom is 0.0694 e. The van der Waals surface area contributed by atoms with Crippen molar-refractivity contribution in [2.75, 3.05) is 13.2 Å². The second-order valence-electron chi connectivity index (χ2n) is 8.10. The number of aliphatic hydroxyl groups is 1. The highest BCUT2D eigenvalue weighted by molar-refractivity contribution is 5.23. The number of fused-ring (bicyclic) bond motifs is 1. The summed E-state index contributed by atoms with van der Waals surface area (Å²) in [6.07, 6.45) is 4.67. The predicted octanol–water partition coefficient (Wildman–Crippen LogP) is 2.97. The molecule has 4 nitrogen and oxygen atoms in total. The van der Waals surface area contributed by atoms with Crippen LogP contribution < -0.4 is 11.2 Å². The minimum Gasteiger partial charge on any atom is -0.393 e. The maximum absolute atomic E-state index is 10.8. The third-order valence-electron chi connectivity index (χ3n) is 6.73. The van der Waals surface area contributed by atoms with Gasteiger partial charge in [0.05, 0.1) is 12.7 Å². The molecule has 134 valence electrons. The number of nitrogens with two attached hydrogens (primary N) is 1. The maximum atomic E-state index is 10.8. The Morgan fingerprint density at radius 1 is 1.29 bits per heavy atom. The largest absolute Gasteiger partial charge is 0.393 e. The van der Waals surface area contributed by atoms with Gasteiger partial charge in [0.15, 0.2) is 0 Å². The molecule has 3 rings (SSSR count). The third-order valence-corrected chi connectivity index (χ3v) is 6.73. The summed E-state index contributed by atoms with van der Waals surface area (Å²) in [4.78, 5) is 5.69. The van der Waals surface area contributed by atoms with Crippen molar-refractivity contribution in [3.05, 3.63) is 35.9 Å². The predicted molar refractivity (Wildman–Crippen MR) is 96.4 cm³/mol. The lowest BCUT2D eigenvalue weighted by Gasteiger charge is -2.49. The molecule has 1 unspecified atom stereocenters. The minimum atomic E-state index is -0.267. The molecule has 4 heteroatoms. The first-order valence-electron chi connectivity index (χ1n) is 9.32. The summed E-state index contributed by atoms with van der Waals surface area (Å²) in [5.41, 5.74) is 10.1. The van der Waals surface area contributed by atoms with E-state index in [0.717, 1.165) is 25.7 Å². The van der Waals surface area contributed by atoms with Crippen molar-refractivity contribution >= 4 is 0 Å². The quantitative estimate of drug-likeness (QED) is 0.553. The van der Waals surface area contributed by atoms with Gasteiger partial charge in [-0.2, -0.15) is 5.48 Å². The van der Waals surface area contributed by atoms with Gasteiger partial charge in [-0.15, -0.1) is 0 Å². The van der Waals surface area contributed by atoms with Crippen LogP contribution >= 0.6 is 0 Å². The molecule has 2 aliphatic carbocycles. The molecule has 0 spiro atoms. The molecule has 0 bridgehead atoms. The van der Waals surface area contributed by atoms with E-state index >= 15 is 0 Å². The van der Waals surface area contributed by atoms with E-state index in [1.165, 1.54) is 12.0 Å². The smallest absolute Gasteiger partial charge is 0.0694 e. The van der Waals surface area contributed by atoms with Gasteiger partial charge in [0, 0.05) is 5.54 Å². The van der Waals surface area contributed by atoms with Gasteiger partial charge in [0.25, 0.3) is 0 Å². The lowest BCUT2D eigenvalue weighted by atomic mass is 9.59. The summed E-state index contributed by atoms with van der Waals surface area (Å²) in [6, 6.07) is 10.8. The van der Waals surface area contributed by atoms with Gasteiger partial charge in [-0.3, -0.25) is 0 Å². The summed E-state index contributed by atoms with van der Waals surface area (Å²) in [7, 11) is 0. The Labute approximate surface area is 145 Å². The molecule has 0 aliphatic heterocycles. The zero-order chi connectivity index (χ0) is 17.2. The van der Waals surface area contributed by atoms with Crippen LogP contribution in [-0.4, -0.2) is 29.9 Å². The Balaban J connectivity index is 1.71. The van der Waals surface area contributed by atoms with E-state index in [1.807, 2.05) is 0 Å². The highest BCUT2D eigenvalue weighted by Gasteiger charge is 2.60. The van der Waals surface area contributed by atoms with Crippen LogP contribution in [0.1, 0.15) is 57.4 Å². The van der Waals surface area contributed by atoms with E-state index in [-0.39, 0.29) is 17.1 Å². The molecule has 0 heterocycles. The zero-order valence-corrected chi connectivity index (χ0v) is 15.0. The first kappa shape index (κ1) is 17.9. The van der Waals surface area contributed by atoms with Crippen LogP contribution in [0.4, 0.5) is 0 Å². The van der Waals surface area contributed by atoms with Crippen molar-refractivity contribution in [2.45, 2.75) is 63.5 Å². The van der Waals surface area contributed by atoms with Gasteiger partial charge < -0.3 is 15.7 Å². The van der Waals surface area contributed by atoms with Crippen LogP contribution in [0.2, 0.25) is 0 Å². The van der Waals surface area contributed by atoms with Crippen LogP contribution in [-0.2, 0) is 4.84 Å². The molecule has 5 atom stereocenters. The first-order valence-corrected chi connectivity index (χ1v) is 9.32. The minimum absolute atomic E-state index is 0.0560. The molecule has 1 aromatic carbocycles. The monoisotopic (exact) mass is 332 g/mol. The van der Waals surface area contributed by atoms with Crippen molar-refractivity contribution in [3.63, 3.8) is 0 Å². The Morgan fingerprint density at radius 3 is 2.75 bits per heavy atom. The molecule has 0 saturated heterocycles. The van der Waals surface area contributed by atoms with E-state index in [9.17, 15) is 5.11 Å². The Bertz CT molecular complexity index is 538.